The second-order valence-corrected chi connectivity index (χ2v) is 3.15. The molecule has 0 amide bonds. The van der Waals surface area contributed by atoms with Crippen LogP contribution in [-0.2, 0) is 0 Å². The number of aromatic nitrogens is 1. The standard InChI is InChI=1S/C9H9N5O2/c10-9(11)12-13-5-4-6-7(13)2-1-3-8(6)14(15)16/h1-5H,(H4,10,11,12). The zero-order valence-electron chi connectivity index (χ0n) is 8.20. The number of nitrogens with zero attached hydrogens (tertiary/aromatic N) is 3. The summed E-state index contributed by atoms with van der Waals surface area (Å²) in [5.41, 5.74) is 11.1. The van der Waals surface area contributed by atoms with E-state index in [4.69, 9.17) is 11.5 Å². The highest BCUT2D eigenvalue weighted by Crippen LogP contribution is 2.25. The number of hydrogen-bond donors (Lipinski definition) is 2. The summed E-state index contributed by atoms with van der Waals surface area (Å²) in [5.74, 6) is -0.107. The molecule has 16 heavy (non-hydrogen) atoms. The van der Waals surface area contributed by atoms with Crippen LogP contribution in [0.1, 0.15) is 0 Å². The van der Waals surface area contributed by atoms with E-state index < -0.39 is 4.92 Å². The number of nitro groups is 1. The van der Waals surface area contributed by atoms with Crippen LogP contribution in [0.2, 0.25) is 0 Å². The molecule has 2 aromatic rings. The number of benzene rings is 1. The number of non-ortho nitro benzene ring substituents is 1. The van der Waals surface area contributed by atoms with Gasteiger partial charge in [-0.25, -0.2) is 4.68 Å². The molecule has 1 aromatic heterocycles. The number of fused-ring (bicyclic) bond motifs is 1. The van der Waals surface area contributed by atoms with Crippen molar-refractivity contribution in [2.45, 2.75) is 0 Å². The van der Waals surface area contributed by atoms with E-state index in [1.807, 2.05) is 0 Å². The third-order valence-corrected chi connectivity index (χ3v) is 2.11. The summed E-state index contributed by atoms with van der Waals surface area (Å²) < 4.78 is 1.40. The predicted octanol–water partition coefficient (Wildman–Crippen LogP) is 0.586. The van der Waals surface area contributed by atoms with Crippen molar-refractivity contribution in [1.82, 2.24) is 4.68 Å². The van der Waals surface area contributed by atoms with Crippen LogP contribution in [0, 0.1) is 10.1 Å². The Morgan fingerprint density at radius 2 is 2.12 bits per heavy atom. The molecule has 7 nitrogen and oxygen atoms in total. The molecule has 0 saturated heterocycles. The van der Waals surface area contributed by atoms with E-state index in [-0.39, 0.29) is 11.6 Å². The van der Waals surface area contributed by atoms with Gasteiger partial charge in [-0.05, 0) is 12.1 Å². The molecule has 0 spiro atoms. The molecule has 0 aliphatic rings. The van der Waals surface area contributed by atoms with Crippen molar-refractivity contribution >= 4 is 22.5 Å². The molecule has 0 bridgehead atoms. The van der Waals surface area contributed by atoms with Crippen LogP contribution in [-0.4, -0.2) is 15.6 Å². The summed E-state index contributed by atoms with van der Waals surface area (Å²) in [6.07, 6.45) is 1.57. The first-order chi connectivity index (χ1) is 7.59. The van der Waals surface area contributed by atoms with Crippen LogP contribution in [0.3, 0.4) is 0 Å². The van der Waals surface area contributed by atoms with Gasteiger partial charge in [0.05, 0.1) is 15.8 Å². The lowest BCUT2D eigenvalue weighted by Crippen LogP contribution is -2.23. The molecule has 7 heteroatoms. The van der Waals surface area contributed by atoms with Gasteiger partial charge in [-0.2, -0.15) is 0 Å². The Hall–Kier alpha value is -2.57. The van der Waals surface area contributed by atoms with Gasteiger partial charge in [-0.3, -0.25) is 10.1 Å². The van der Waals surface area contributed by atoms with Gasteiger partial charge >= 0.3 is 0 Å². The highest BCUT2D eigenvalue weighted by Gasteiger charge is 2.13. The summed E-state index contributed by atoms with van der Waals surface area (Å²) >= 11 is 0. The Kier molecular flexibility index (Phi) is 2.20. The van der Waals surface area contributed by atoms with Gasteiger partial charge in [0.15, 0.2) is 0 Å². The monoisotopic (exact) mass is 219 g/mol. The normalized spacial score (nSPS) is 10.2. The van der Waals surface area contributed by atoms with E-state index in [0.717, 1.165) is 0 Å². The van der Waals surface area contributed by atoms with Crippen molar-refractivity contribution in [3.05, 3.63) is 40.6 Å². The lowest BCUT2D eigenvalue weighted by atomic mass is 10.2. The van der Waals surface area contributed by atoms with Gasteiger partial charge in [-0.1, -0.05) is 6.07 Å². The van der Waals surface area contributed by atoms with Gasteiger partial charge in [0, 0.05) is 12.3 Å². The minimum Gasteiger partial charge on any atom is -0.369 e. The van der Waals surface area contributed by atoms with Crippen LogP contribution < -0.4 is 11.5 Å². The SMILES string of the molecule is NC(N)=Nn1ccc2c([N+](=O)[O-])cccc21. The first-order valence-corrected chi connectivity index (χ1v) is 4.44. The van der Waals surface area contributed by atoms with Crippen molar-refractivity contribution in [3.63, 3.8) is 0 Å². The summed E-state index contributed by atoms with van der Waals surface area (Å²) in [4.78, 5) is 10.3. The Morgan fingerprint density at radius 1 is 1.38 bits per heavy atom. The van der Waals surface area contributed by atoms with E-state index in [0.29, 0.717) is 10.9 Å². The molecule has 82 valence electrons. The van der Waals surface area contributed by atoms with Crippen molar-refractivity contribution in [1.29, 1.82) is 0 Å². The largest absolute Gasteiger partial charge is 0.369 e. The summed E-state index contributed by atoms with van der Waals surface area (Å²) in [6, 6.07) is 6.32. The molecule has 0 aliphatic heterocycles. The Balaban J connectivity index is 2.71. The Bertz CT molecular complexity index is 583. The van der Waals surface area contributed by atoms with Crippen LogP contribution in [0.5, 0.6) is 0 Å². The van der Waals surface area contributed by atoms with Gasteiger partial charge in [0.1, 0.15) is 0 Å². The average molecular weight is 219 g/mol. The van der Waals surface area contributed by atoms with Gasteiger partial charge in [0.25, 0.3) is 5.69 Å². The number of rotatable bonds is 2. The maximum Gasteiger partial charge on any atom is 0.278 e. The van der Waals surface area contributed by atoms with E-state index in [1.165, 1.54) is 10.7 Å². The molecule has 0 aliphatic carbocycles. The van der Waals surface area contributed by atoms with Crippen LogP contribution in [0.4, 0.5) is 5.69 Å². The third kappa shape index (κ3) is 1.54. The number of guanidine groups is 1. The number of hydrogen-bond acceptors (Lipinski definition) is 3. The zero-order chi connectivity index (χ0) is 11.7. The topological polar surface area (TPSA) is 112 Å². The third-order valence-electron chi connectivity index (χ3n) is 2.11. The van der Waals surface area contributed by atoms with Crippen molar-refractivity contribution < 1.29 is 4.92 Å². The van der Waals surface area contributed by atoms with Crippen LogP contribution >= 0.6 is 0 Å². The predicted molar refractivity (Wildman–Crippen MR) is 59.8 cm³/mol. The smallest absolute Gasteiger partial charge is 0.278 e. The van der Waals surface area contributed by atoms with Crippen molar-refractivity contribution in [3.8, 4) is 0 Å². The summed E-state index contributed by atoms with van der Waals surface area (Å²) in [7, 11) is 0. The van der Waals surface area contributed by atoms with Gasteiger partial charge in [0.2, 0.25) is 5.96 Å². The second kappa shape index (κ2) is 3.54. The quantitative estimate of drug-likeness (QED) is 0.333. The molecular weight excluding hydrogens is 210 g/mol. The first kappa shape index (κ1) is 9.97. The molecule has 0 saturated carbocycles. The van der Waals surface area contributed by atoms with Crippen LogP contribution in [0.15, 0.2) is 35.6 Å². The summed E-state index contributed by atoms with van der Waals surface area (Å²) in [6.45, 7) is 0. The fraction of sp³-hybridized carbons (Fsp3) is 0. The summed E-state index contributed by atoms with van der Waals surface area (Å²) in [5, 5.41) is 15.1. The van der Waals surface area contributed by atoms with Gasteiger partial charge in [-0.15, -0.1) is 5.10 Å². The molecule has 0 atom stereocenters. The van der Waals surface area contributed by atoms with Gasteiger partial charge < -0.3 is 11.5 Å². The Labute approximate surface area is 90.1 Å². The molecule has 0 unspecified atom stereocenters. The molecule has 2 rings (SSSR count). The Morgan fingerprint density at radius 3 is 2.75 bits per heavy atom. The van der Waals surface area contributed by atoms with E-state index in [2.05, 4.69) is 5.10 Å². The van der Waals surface area contributed by atoms with Crippen LogP contribution in [0.25, 0.3) is 10.9 Å². The second-order valence-electron chi connectivity index (χ2n) is 3.15. The minimum atomic E-state index is -0.442. The fourth-order valence-corrected chi connectivity index (χ4v) is 1.51. The van der Waals surface area contributed by atoms with E-state index in [1.54, 1.807) is 24.4 Å². The average Bonchev–Trinajstić information content (AvgIpc) is 2.60. The lowest BCUT2D eigenvalue weighted by molar-refractivity contribution is -0.383. The number of nitrogens with two attached hydrogens (primary N) is 2. The molecule has 0 radical (unpaired) electrons. The fourth-order valence-electron chi connectivity index (χ4n) is 1.51. The molecule has 0 fully saturated rings. The maximum absolute atomic E-state index is 10.8. The highest BCUT2D eigenvalue weighted by atomic mass is 16.6. The highest BCUT2D eigenvalue weighted by molar-refractivity contribution is 5.89. The van der Waals surface area contributed by atoms with Crippen molar-refractivity contribution in [2.75, 3.05) is 0 Å². The van der Waals surface area contributed by atoms with E-state index in [9.17, 15) is 10.1 Å². The molecule has 4 N–H and O–H groups in total. The number of nitro benzene ring substituents is 1. The molecule has 1 aromatic carbocycles. The minimum absolute atomic E-state index is 0.0297. The zero-order valence-corrected chi connectivity index (χ0v) is 8.20. The molecular formula is C9H9N5O2. The maximum atomic E-state index is 10.8. The van der Waals surface area contributed by atoms with Crippen molar-refractivity contribution in [2.24, 2.45) is 16.6 Å². The lowest BCUT2D eigenvalue weighted by Gasteiger charge is -1.98. The molecule has 1 heterocycles. The first-order valence-electron chi connectivity index (χ1n) is 4.44. The van der Waals surface area contributed by atoms with E-state index >= 15 is 0 Å².